The minimum absolute atomic E-state index is 0.0724. The molecule has 1 rings (SSSR count). The van der Waals surface area contributed by atoms with Gasteiger partial charge in [-0.3, -0.25) is 0 Å². The Morgan fingerprint density at radius 1 is 1.32 bits per heavy atom. The van der Waals surface area contributed by atoms with Crippen LogP contribution in [0.1, 0.15) is 6.42 Å². The van der Waals surface area contributed by atoms with Crippen molar-refractivity contribution in [2.45, 2.75) is 11.3 Å². The van der Waals surface area contributed by atoms with Gasteiger partial charge in [0, 0.05) is 6.54 Å². The number of benzene rings is 1. The van der Waals surface area contributed by atoms with Crippen LogP contribution in [0, 0.1) is 0 Å². The largest absolute Gasteiger partial charge is 0.491 e. The lowest BCUT2D eigenvalue weighted by Gasteiger charge is -2.08. The summed E-state index contributed by atoms with van der Waals surface area (Å²) in [5.74, 6) is 1.46. The monoisotopic (exact) mass is 305 g/mol. The zero-order valence-corrected chi connectivity index (χ0v) is 12.5. The molecular formula is C12H19NO4S2. The molecule has 0 saturated carbocycles. The van der Waals surface area contributed by atoms with Gasteiger partial charge in [-0.05, 0) is 42.7 Å². The van der Waals surface area contributed by atoms with Gasteiger partial charge in [-0.1, -0.05) is 0 Å². The van der Waals surface area contributed by atoms with Gasteiger partial charge in [0.05, 0.1) is 11.5 Å². The summed E-state index contributed by atoms with van der Waals surface area (Å²) in [6.45, 7) is 0.558. The van der Waals surface area contributed by atoms with Crippen LogP contribution in [0.2, 0.25) is 0 Å². The zero-order valence-electron chi connectivity index (χ0n) is 10.8. The second kappa shape index (κ2) is 8.42. The number of sulfonamides is 1. The minimum Gasteiger partial charge on any atom is -0.491 e. The molecule has 1 aromatic rings. The lowest BCUT2D eigenvalue weighted by atomic mass is 10.3. The van der Waals surface area contributed by atoms with E-state index in [1.807, 2.05) is 6.26 Å². The number of thioether (sulfide) groups is 1. The fourth-order valence-corrected chi connectivity index (χ4v) is 2.89. The van der Waals surface area contributed by atoms with Gasteiger partial charge in [-0.15, -0.1) is 0 Å². The normalized spacial score (nSPS) is 11.5. The number of aliphatic hydroxyl groups is 1. The molecule has 0 radical (unpaired) electrons. The quantitative estimate of drug-likeness (QED) is 0.668. The smallest absolute Gasteiger partial charge is 0.240 e. The molecule has 0 fully saturated rings. The minimum atomic E-state index is -3.44. The Bertz CT molecular complexity index is 459. The van der Waals surface area contributed by atoms with Gasteiger partial charge in [0.2, 0.25) is 10.0 Å². The third-order valence-corrected chi connectivity index (χ3v) is 4.49. The van der Waals surface area contributed by atoms with E-state index in [4.69, 9.17) is 9.84 Å². The van der Waals surface area contributed by atoms with Gasteiger partial charge in [-0.2, -0.15) is 11.8 Å². The highest BCUT2D eigenvalue weighted by atomic mass is 32.2. The molecule has 0 amide bonds. The lowest BCUT2D eigenvalue weighted by molar-refractivity contribution is 0.201. The molecule has 0 aliphatic heterocycles. The first-order chi connectivity index (χ1) is 9.10. The van der Waals surface area contributed by atoms with Crippen molar-refractivity contribution in [3.63, 3.8) is 0 Å². The summed E-state index contributed by atoms with van der Waals surface area (Å²) >= 11 is 1.69. The Morgan fingerprint density at radius 2 is 2.00 bits per heavy atom. The van der Waals surface area contributed by atoms with Crippen LogP contribution in [-0.4, -0.2) is 45.3 Å². The van der Waals surface area contributed by atoms with Crippen LogP contribution in [-0.2, 0) is 10.0 Å². The predicted octanol–water partition coefficient (Wildman–Crippen LogP) is 1.09. The van der Waals surface area contributed by atoms with Crippen LogP contribution in [0.25, 0.3) is 0 Å². The summed E-state index contributed by atoms with van der Waals surface area (Å²) in [5.41, 5.74) is 0. The van der Waals surface area contributed by atoms with Crippen molar-refractivity contribution < 1.29 is 18.3 Å². The molecule has 0 aromatic heterocycles. The van der Waals surface area contributed by atoms with E-state index >= 15 is 0 Å². The maximum atomic E-state index is 11.9. The van der Waals surface area contributed by atoms with Crippen molar-refractivity contribution >= 4 is 21.8 Å². The molecule has 108 valence electrons. The topological polar surface area (TPSA) is 75.6 Å². The van der Waals surface area contributed by atoms with E-state index < -0.39 is 10.0 Å². The average Bonchev–Trinajstić information content (AvgIpc) is 2.42. The van der Waals surface area contributed by atoms with Crippen LogP contribution in [0.5, 0.6) is 5.75 Å². The van der Waals surface area contributed by atoms with Crippen molar-refractivity contribution in [1.82, 2.24) is 4.72 Å². The van der Waals surface area contributed by atoms with Gasteiger partial charge < -0.3 is 9.84 Å². The molecule has 0 saturated heterocycles. The summed E-state index contributed by atoms with van der Waals surface area (Å²) in [6.07, 6.45) is 2.79. The second-order valence-electron chi connectivity index (χ2n) is 3.79. The summed E-state index contributed by atoms with van der Waals surface area (Å²) in [7, 11) is -3.44. The van der Waals surface area contributed by atoms with E-state index in [1.165, 1.54) is 12.1 Å². The summed E-state index contributed by atoms with van der Waals surface area (Å²) in [5, 5.41) is 8.62. The highest BCUT2D eigenvalue weighted by molar-refractivity contribution is 7.98. The third-order valence-electron chi connectivity index (χ3n) is 2.31. The molecule has 0 spiro atoms. The number of rotatable bonds is 9. The highest BCUT2D eigenvalue weighted by Crippen LogP contribution is 2.15. The number of hydrogen-bond donors (Lipinski definition) is 2. The first kappa shape index (κ1) is 16.3. The Hall–Kier alpha value is -0.760. The molecule has 0 unspecified atom stereocenters. The van der Waals surface area contributed by atoms with Crippen LogP contribution < -0.4 is 9.46 Å². The molecule has 7 heteroatoms. The predicted molar refractivity (Wildman–Crippen MR) is 77.2 cm³/mol. The van der Waals surface area contributed by atoms with Crippen molar-refractivity contribution in [2.24, 2.45) is 0 Å². The maximum Gasteiger partial charge on any atom is 0.240 e. The van der Waals surface area contributed by atoms with Crippen LogP contribution in [0.3, 0.4) is 0 Å². The molecule has 5 nitrogen and oxygen atoms in total. The third kappa shape index (κ3) is 5.82. The standard InChI is InChI=1S/C12H19NO4S2/c1-18-10-2-7-13-19(15,16)12-5-3-11(4-6-12)17-9-8-14/h3-6,13-14H,2,7-10H2,1H3. The van der Waals surface area contributed by atoms with Crippen LogP contribution in [0.4, 0.5) is 0 Å². The molecule has 0 aliphatic rings. The number of aliphatic hydroxyl groups excluding tert-OH is 1. The molecule has 0 heterocycles. The number of hydrogen-bond acceptors (Lipinski definition) is 5. The van der Waals surface area contributed by atoms with E-state index in [-0.39, 0.29) is 18.1 Å². The summed E-state index contributed by atoms with van der Waals surface area (Å²) < 4.78 is 31.6. The first-order valence-electron chi connectivity index (χ1n) is 5.92. The molecular weight excluding hydrogens is 286 g/mol. The van der Waals surface area contributed by atoms with Crippen LogP contribution in [0.15, 0.2) is 29.2 Å². The van der Waals surface area contributed by atoms with Crippen molar-refractivity contribution in [1.29, 1.82) is 0 Å². The molecule has 0 atom stereocenters. The second-order valence-corrected chi connectivity index (χ2v) is 6.54. The summed E-state index contributed by atoms with van der Waals surface area (Å²) in [4.78, 5) is 0.216. The number of ether oxygens (including phenoxy) is 1. The average molecular weight is 305 g/mol. The Balaban J connectivity index is 2.58. The molecule has 2 N–H and O–H groups in total. The SMILES string of the molecule is CSCCCNS(=O)(=O)c1ccc(OCCO)cc1. The lowest BCUT2D eigenvalue weighted by Crippen LogP contribution is -2.25. The zero-order chi connectivity index (χ0) is 14.1. The van der Waals surface area contributed by atoms with Crippen molar-refractivity contribution in [2.75, 3.05) is 31.8 Å². The maximum absolute atomic E-state index is 11.9. The Labute approximate surface area is 118 Å². The Kier molecular flexibility index (Phi) is 7.22. The van der Waals surface area contributed by atoms with Gasteiger partial charge in [0.15, 0.2) is 0 Å². The number of nitrogens with one attached hydrogen (secondary N) is 1. The molecule has 0 aliphatic carbocycles. The van der Waals surface area contributed by atoms with Gasteiger partial charge in [-0.25, -0.2) is 13.1 Å². The highest BCUT2D eigenvalue weighted by Gasteiger charge is 2.12. The summed E-state index contributed by atoms with van der Waals surface area (Å²) in [6, 6.07) is 6.13. The van der Waals surface area contributed by atoms with E-state index in [0.29, 0.717) is 12.3 Å². The van der Waals surface area contributed by atoms with E-state index in [1.54, 1.807) is 23.9 Å². The van der Waals surface area contributed by atoms with E-state index in [2.05, 4.69) is 4.72 Å². The molecule has 19 heavy (non-hydrogen) atoms. The van der Waals surface area contributed by atoms with Gasteiger partial charge >= 0.3 is 0 Å². The first-order valence-corrected chi connectivity index (χ1v) is 8.80. The fraction of sp³-hybridized carbons (Fsp3) is 0.500. The van der Waals surface area contributed by atoms with E-state index in [9.17, 15) is 8.42 Å². The van der Waals surface area contributed by atoms with Gasteiger partial charge in [0.1, 0.15) is 12.4 Å². The van der Waals surface area contributed by atoms with Crippen molar-refractivity contribution in [3.8, 4) is 5.75 Å². The van der Waals surface area contributed by atoms with Crippen LogP contribution >= 0.6 is 11.8 Å². The van der Waals surface area contributed by atoms with Crippen molar-refractivity contribution in [3.05, 3.63) is 24.3 Å². The fourth-order valence-electron chi connectivity index (χ4n) is 1.38. The van der Waals surface area contributed by atoms with Gasteiger partial charge in [0.25, 0.3) is 0 Å². The molecule has 1 aromatic carbocycles. The van der Waals surface area contributed by atoms with E-state index in [0.717, 1.165) is 12.2 Å². The Morgan fingerprint density at radius 3 is 2.58 bits per heavy atom. The molecule has 0 bridgehead atoms.